The predicted molar refractivity (Wildman–Crippen MR) is 112 cm³/mol. The molecule has 2 heterocycles. The number of nitrogens with zero attached hydrogens (tertiary/aromatic N) is 4. The van der Waals surface area contributed by atoms with Gasteiger partial charge in [0.2, 0.25) is 5.95 Å². The second-order valence-electron chi connectivity index (χ2n) is 6.61. The minimum Gasteiger partial charge on any atom is -0.348 e. The normalized spacial score (nSPS) is 12.1. The van der Waals surface area contributed by atoms with E-state index in [1.165, 1.54) is 0 Å². The van der Waals surface area contributed by atoms with Gasteiger partial charge in [-0.05, 0) is 36.8 Å². The van der Waals surface area contributed by atoms with Gasteiger partial charge in [-0.3, -0.25) is 9.36 Å². The van der Waals surface area contributed by atoms with Gasteiger partial charge in [0.05, 0.1) is 17.1 Å². The third-order valence-electron chi connectivity index (χ3n) is 4.72. The van der Waals surface area contributed by atoms with E-state index >= 15 is 0 Å². The largest absolute Gasteiger partial charge is 0.348 e. The Morgan fingerprint density at radius 1 is 1.14 bits per heavy atom. The second kappa shape index (κ2) is 7.60. The molecular weight excluding hydrogens is 350 g/mol. The molecule has 4 rings (SSSR count). The number of aromatic nitrogens is 4. The molecule has 0 saturated heterocycles. The van der Waals surface area contributed by atoms with Gasteiger partial charge in [-0.2, -0.15) is 4.98 Å². The fraction of sp³-hybridized carbons (Fsp3) is 0.182. The second-order valence-corrected chi connectivity index (χ2v) is 6.61. The molecule has 0 amide bonds. The van der Waals surface area contributed by atoms with Gasteiger partial charge in [-0.15, -0.1) is 0 Å². The number of benzene rings is 2. The predicted octanol–water partition coefficient (Wildman–Crippen LogP) is 4.83. The molecule has 4 aromatic rings. The third kappa shape index (κ3) is 3.49. The molecular formula is C22H23N5O. The molecule has 2 aromatic carbocycles. The van der Waals surface area contributed by atoms with Crippen LogP contribution >= 0.6 is 0 Å². The molecule has 6 nitrogen and oxygen atoms in total. The van der Waals surface area contributed by atoms with Crippen LogP contribution < -0.4 is 5.32 Å². The molecule has 0 aliphatic carbocycles. The van der Waals surface area contributed by atoms with Gasteiger partial charge in [-0.25, -0.2) is 9.97 Å². The zero-order valence-electron chi connectivity index (χ0n) is 15.8. The highest BCUT2D eigenvalue weighted by Gasteiger charge is 2.11. The zero-order valence-corrected chi connectivity index (χ0v) is 15.8. The van der Waals surface area contributed by atoms with Gasteiger partial charge in [0.15, 0.2) is 5.78 Å². The summed E-state index contributed by atoms with van der Waals surface area (Å²) in [5, 5.41) is 3.34. The van der Waals surface area contributed by atoms with E-state index in [1.807, 2.05) is 54.0 Å². The maximum absolute atomic E-state index is 11.9. The summed E-state index contributed by atoms with van der Waals surface area (Å²) in [6.07, 6.45) is 3.92. The van der Waals surface area contributed by atoms with Crippen LogP contribution in [0.1, 0.15) is 43.7 Å². The Morgan fingerprint density at radius 2 is 1.96 bits per heavy atom. The van der Waals surface area contributed by atoms with Crippen LogP contribution in [-0.4, -0.2) is 25.3 Å². The molecule has 142 valence electrons. The van der Waals surface area contributed by atoms with Crippen LogP contribution in [0.25, 0.3) is 16.9 Å². The first kappa shape index (κ1) is 17.9. The molecule has 1 atom stereocenters. The van der Waals surface area contributed by atoms with Crippen molar-refractivity contribution in [2.75, 3.05) is 5.32 Å². The standard InChI is InChI=1S/C22H21N5O.H2/c1-3-20(28)17-9-10-19-18(13-17)24-14-27(19)21-11-12-23-22(26-21)25-15(2)16-7-5-4-6-8-16;/h4-15H,3H2,1-2H3,(H,23,25,26);1H/t15-;/m0./s1. The van der Waals surface area contributed by atoms with E-state index in [1.54, 1.807) is 12.5 Å². The molecule has 0 saturated carbocycles. The van der Waals surface area contributed by atoms with Crippen molar-refractivity contribution < 1.29 is 6.22 Å². The van der Waals surface area contributed by atoms with Gasteiger partial charge in [0.1, 0.15) is 12.1 Å². The molecule has 6 heteroatoms. The van der Waals surface area contributed by atoms with Crippen LogP contribution in [0.15, 0.2) is 67.1 Å². The molecule has 28 heavy (non-hydrogen) atoms. The topological polar surface area (TPSA) is 72.7 Å². The lowest BCUT2D eigenvalue weighted by Crippen LogP contribution is -2.10. The van der Waals surface area contributed by atoms with Crippen LogP contribution in [0.5, 0.6) is 0 Å². The first-order chi connectivity index (χ1) is 13.7. The zero-order chi connectivity index (χ0) is 19.5. The van der Waals surface area contributed by atoms with Crippen molar-refractivity contribution in [3.05, 3.63) is 78.2 Å². The van der Waals surface area contributed by atoms with Crippen LogP contribution in [0.3, 0.4) is 0 Å². The van der Waals surface area contributed by atoms with E-state index in [4.69, 9.17) is 0 Å². The average molecular weight is 373 g/mol. The van der Waals surface area contributed by atoms with E-state index in [0.717, 1.165) is 22.4 Å². The summed E-state index contributed by atoms with van der Waals surface area (Å²) in [6, 6.07) is 17.7. The lowest BCUT2D eigenvalue weighted by Gasteiger charge is -2.14. The highest BCUT2D eigenvalue weighted by molar-refractivity contribution is 5.98. The summed E-state index contributed by atoms with van der Waals surface area (Å²) in [7, 11) is 0. The van der Waals surface area contributed by atoms with Crippen molar-refractivity contribution in [1.82, 2.24) is 19.5 Å². The van der Waals surface area contributed by atoms with Gasteiger partial charge in [-0.1, -0.05) is 37.3 Å². The lowest BCUT2D eigenvalue weighted by molar-refractivity contribution is 0.0988. The Labute approximate surface area is 164 Å². The molecule has 2 aromatic heterocycles. The van der Waals surface area contributed by atoms with Gasteiger partial charge < -0.3 is 5.32 Å². The summed E-state index contributed by atoms with van der Waals surface area (Å²) in [5.41, 5.74) is 3.51. The molecule has 0 fully saturated rings. The van der Waals surface area contributed by atoms with Crippen LogP contribution in [0.4, 0.5) is 5.95 Å². The summed E-state index contributed by atoms with van der Waals surface area (Å²) in [6.45, 7) is 3.93. The lowest BCUT2D eigenvalue weighted by atomic mass is 10.1. The number of anilines is 1. The van der Waals surface area contributed by atoms with Crippen molar-refractivity contribution in [3.8, 4) is 5.82 Å². The molecule has 1 N–H and O–H groups in total. The highest BCUT2D eigenvalue weighted by Crippen LogP contribution is 2.21. The fourth-order valence-electron chi connectivity index (χ4n) is 3.14. The van der Waals surface area contributed by atoms with Crippen molar-refractivity contribution in [3.63, 3.8) is 0 Å². The van der Waals surface area contributed by atoms with E-state index in [2.05, 4.69) is 39.3 Å². The van der Waals surface area contributed by atoms with Crippen molar-refractivity contribution >= 4 is 22.8 Å². The molecule has 0 aliphatic rings. The summed E-state index contributed by atoms with van der Waals surface area (Å²) in [4.78, 5) is 25.4. The van der Waals surface area contributed by atoms with Gasteiger partial charge in [0.25, 0.3) is 0 Å². The van der Waals surface area contributed by atoms with Crippen LogP contribution in [0, 0.1) is 0 Å². The first-order valence-corrected chi connectivity index (χ1v) is 9.31. The van der Waals surface area contributed by atoms with Crippen molar-refractivity contribution in [2.24, 2.45) is 0 Å². The van der Waals surface area contributed by atoms with Crippen molar-refractivity contribution in [1.29, 1.82) is 0 Å². The first-order valence-electron chi connectivity index (χ1n) is 9.31. The van der Waals surface area contributed by atoms with Crippen LogP contribution in [-0.2, 0) is 0 Å². The molecule has 0 aliphatic heterocycles. The average Bonchev–Trinajstić information content (AvgIpc) is 3.17. The van der Waals surface area contributed by atoms with Crippen LogP contribution in [0.2, 0.25) is 0 Å². The molecule has 0 radical (unpaired) electrons. The van der Waals surface area contributed by atoms with E-state index in [9.17, 15) is 4.79 Å². The number of carbonyl (C=O) groups is 1. The minimum absolute atomic E-state index is 0. The number of imidazole rings is 1. The molecule has 0 bridgehead atoms. The Balaban J connectivity index is 0.00000240. The maximum Gasteiger partial charge on any atom is 0.225 e. The Kier molecular flexibility index (Phi) is 4.85. The Morgan fingerprint density at radius 3 is 2.75 bits per heavy atom. The monoisotopic (exact) mass is 373 g/mol. The summed E-state index contributed by atoms with van der Waals surface area (Å²) < 4.78 is 1.90. The minimum atomic E-state index is 0. The van der Waals surface area contributed by atoms with Gasteiger partial charge >= 0.3 is 0 Å². The van der Waals surface area contributed by atoms with E-state index in [0.29, 0.717) is 17.9 Å². The Bertz CT molecular complexity index is 1130. The number of fused-ring (bicyclic) bond motifs is 1. The smallest absolute Gasteiger partial charge is 0.225 e. The summed E-state index contributed by atoms with van der Waals surface area (Å²) in [5.74, 6) is 1.38. The number of hydrogen-bond acceptors (Lipinski definition) is 5. The Hall–Kier alpha value is -3.54. The molecule has 0 unspecified atom stereocenters. The fourth-order valence-corrected chi connectivity index (χ4v) is 3.14. The number of hydrogen-bond donors (Lipinski definition) is 1. The highest BCUT2D eigenvalue weighted by atomic mass is 16.1. The van der Waals surface area contributed by atoms with Crippen molar-refractivity contribution in [2.45, 2.75) is 26.3 Å². The van der Waals surface area contributed by atoms with E-state index in [-0.39, 0.29) is 13.3 Å². The number of nitrogens with one attached hydrogen (secondary N) is 1. The SMILES string of the molecule is CCC(=O)c1ccc2c(c1)ncn2-c1ccnc(N[C@@H](C)c2ccccc2)n1.[HH]. The number of carbonyl (C=O) groups excluding carboxylic acids is 1. The quantitative estimate of drug-likeness (QED) is 0.490. The maximum atomic E-state index is 11.9. The van der Waals surface area contributed by atoms with E-state index < -0.39 is 0 Å². The third-order valence-corrected chi connectivity index (χ3v) is 4.72. The summed E-state index contributed by atoms with van der Waals surface area (Å²) >= 11 is 0. The molecule has 0 spiro atoms. The number of Topliss-reactive ketones (excluding diaryl/α,β-unsaturated/α-hetero) is 1. The van der Waals surface area contributed by atoms with Gasteiger partial charge in [0, 0.05) is 19.6 Å². The number of rotatable bonds is 6. The number of ketones is 1.